The summed E-state index contributed by atoms with van der Waals surface area (Å²) in [5, 5.41) is 40.8. The first-order valence-electron chi connectivity index (χ1n) is 31.2. The van der Waals surface area contributed by atoms with Gasteiger partial charge in [-0.05, 0) is 100 Å². The van der Waals surface area contributed by atoms with Crippen molar-refractivity contribution in [1.82, 2.24) is 74.5 Å². The van der Waals surface area contributed by atoms with E-state index in [2.05, 4.69) is 76.4 Å². The van der Waals surface area contributed by atoms with E-state index in [0.717, 1.165) is 118 Å². The van der Waals surface area contributed by atoms with Gasteiger partial charge in [-0.2, -0.15) is 0 Å². The van der Waals surface area contributed by atoms with Gasteiger partial charge in [-0.3, -0.25) is 9.80 Å². The van der Waals surface area contributed by atoms with Gasteiger partial charge in [-0.25, -0.2) is 59.8 Å². The number of aromatic nitrogens is 12. The summed E-state index contributed by atoms with van der Waals surface area (Å²) < 4.78 is 23.2. The molecule has 9 aromatic rings. The minimum absolute atomic E-state index is 0.143. The fraction of sp³-hybridized carbons (Fsp3) is 0.446. The number of nitrogens with one attached hydrogen (secondary N) is 5. The average molecular weight is 1250 g/mol. The molecule has 0 bridgehead atoms. The van der Waals surface area contributed by atoms with Crippen LogP contribution >= 0.6 is 0 Å². The summed E-state index contributed by atoms with van der Waals surface area (Å²) in [5.74, 6) is 4.25. The Morgan fingerprint density at radius 2 is 1.18 bits per heavy atom. The van der Waals surface area contributed by atoms with E-state index in [1.165, 1.54) is 0 Å². The summed E-state index contributed by atoms with van der Waals surface area (Å²) in [5.41, 5.74) is 9.88. The van der Waals surface area contributed by atoms with Crippen LogP contribution in [-0.4, -0.2) is 183 Å². The largest absolute Gasteiger partial charge is 0.480 e. The molecule has 27 nitrogen and oxygen atoms in total. The minimum Gasteiger partial charge on any atom is -0.480 e. The van der Waals surface area contributed by atoms with E-state index in [1.54, 1.807) is 48.5 Å². The first-order chi connectivity index (χ1) is 44.5. The van der Waals surface area contributed by atoms with E-state index >= 15 is 0 Å². The van der Waals surface area contributed by atoms with Crippen molar-refractivity contribution >= 4 is 85.1 Å². The highest BCUT2D eigenvalue weighted by Gasteiger charge is 2.31. The van der Waals surface area contributed by atoms with Crippen molar-refractivity contribution in [2.45, 2.75) is 110 Å². The summed E-state index contributed by atoms with van der Waals surface area (Å²) >= 11 is 0. The molecule has 4 aliphatic rings. The molecule has 0 aliphatic carbocycles. The van der Waals surface area contributed by atoms with E-state index < -0.39 is 11.1 Å². The first kappa shape index (κ1) is 61.7. The highest BCUT2D eigenvalue weighted by molar-refractivity contribution is 5.93. The predicted molar refractivity (Wildman–Crippen MR) is 352 cm³/mol. The molecule has 1 saturated heterocycles. The number of hydrogen-bond donors (Lipinski definition) is 7. The summed E-state index contributed by atoms with van der Waals surface area (Å²) in [4.78, 5) is 68.6. The highest BCUT2D eigenvalue weighted by atomic mass is 16.5. The SMILES string of the molecule is COC[C@@H]1CCCN1c1nccc2cnc(Nc3cc4c(nc3OC)CCN(Cc3cnc(NC(C)(C)CO)c5nc(Nc6cc7c(nc6OC)CCN(Cc6nc(Nc8cc9c(nc8OC)CCN(C)C9)nc8c(NCC(C)(C)O)nccc68)C7)ncc35)C4)nc12. The zero-order valence-corrected chi connectivity index (χ0v) is 53.6. The lowest BCUT2D eigenvalue weighted by Gasteiger charge is -2.30. The molecule has 0 aromatic carbocycles. The number of aliphatic hydroxyl groups excluding tert-OH is 1. The molecular weight excluding hydrogens is 1170 g/mol. The normalized spacial score (nSPS) is 16.3. The molecule has 0 saturated carbocycles. The zero-order chi connectivity index (χ0) is 63.8. The van der Waals surface area contributed by atoms with Crippen LogP contribution in [0.15, 0.2) is 61.3 Å². The number of hydrogen-bond acceptors (Lipinski definition) is 27. The van der Waals surface area contributed by atoms with Crippen molar-refractivity contribution < 1.29 is 29.2 Å². The number of anilines is 9. The third-order valence-corrected chi connectivity index (χ3v) is 17.3. The lowest BCUT2D eigenvalue weighted by molar-refractivity contribution is 0.0944. The molecule has 27 heteroatoms. The maximum Gasteiger partial charge on any atom is 0.237 e. The van der Waals surface area contributed by atoms with E-state index in [9.17, 15) is 10.2 Å². The number of rotatable bonds is 22. The van der Waals surface area contributed by atoms with Crippen molar-refractivity contribution in [2.24, 2.45) is 0 Å². The van der Waals surface area contributed by atoms with Gasteiger partial charge in [-0.15, -0.1) is 0 Å². The van der Waals surface area contributed by atoms with Crippen molar-refractivity contribution in [3.8, 4) is 17.6 Å². The number of likely N-dealkylation sites (N-methyl/N-ethyl adjacent to an activating group) is 1. The molecule has 92 heavy (non-hydrogen) atoms. The molecule has 13 rings (SSSR count). The van der Waals surface area contributed by atoms with E-state index in [0.29, 0.717) is 127 Å². The molecule has 0 spiro atoms. The van der Waals surface area contributed by atoms with Gasteiger partial charge in [0, 0.05) is 139 Å². The quantitative estimate of drug-likeness (QED) is 0.0352. The molecule has 1 fully saturated rings. The van der Waals surface area contributed by atoms with Crippen molar-refractivity contribution in [1.29, 1.82) is 0 Å². The monoisotopic (exact) mass is 1250 g/mol. The van der Waals surface area contributed by atoms with E-state index in [1.807, 2.05) is 50.8 Å². The van der Waals surface area contributed by atoms with Gasteiger partial charge >= 0.3 is 0 Å². The number of ether oxygens (including phenoxy) is 4. The predicted octanol–water partition coefficient (Wildman–Crippen LogP) is 7.23. The molecule has 0 radical (unpaired) electrons. The zero-order valence-electron chi connectivity index (χ0n) is 53.6. The maximum atomic E-state index is 10.7. The van der Waals surface area contributed by atoms with Gasteiger partial charge in [0.2, 0.25) is 35.5 Å². The van der Waals surface area contributed by atoms with Gasteiger partial charge in [0.25, 0.3) is 0 Å². The molecule has 0 amide bonds. The van der Waals surface area contributed by atoms with Gasteiger partial charge in [0.15, 0.2) is 17.5 Å². The Bertz CT molecular complexity index is 4230. The second-order valence-electron chi connectivity index (χ2n) is 25.4. The second-order valence-corrected chi connectivity index (χ2v) is 25.4. The summed E-state index contributed by atoms with van der Waals surface area (Å²) in [7, 11) is 8.68. The third-order valence-electron chi connectivity index (χ3n) is 17.3. The Balaban J connectivity index is 0.756. The highest BCUT2D eigenvalue weighted by Crippen LogP contribution is 2.38. The first-order valence-corrected chi connectivity index (χ1v) is 31.2. The summed E-state index contributed by atoms with van der Waals surface area (Å²) in [6.07, 6.45) is 13.3. The van der Waals surface area contributed by atoms with Crippen molar-refractivity contribution in [3.63, 3.8) is 0 Å². The Labute approximate surface area is 533 Å². The van der Waals surface area contributed by atoms with Gasteiger partial charge < -0.3 is 65.5 Å². The molecular formula is C65H79N21O6. The molecule has 0 unspecified atom stereocenters. The van der Waals surface area contributed by atoms with Crippen LogP contribution in [0, 0.1) is 0 Å². The second kappa shape index (κ2) is 25.9. The van der Waals surface area contributed by atoms with Gasteiger partial charge in [0.05, 0.1) is 74.5 Å². The van der Waals surface area contributed by atoms with Crippen LogP contribution in [0.25, 0.3) is 32.7 Å². The van der Waals surface area contributed by atoms with Crippen LogP contribution in [-0.2, 0) is 56.7 Å². The number of nitrogens with zero attached hydrogens (tertiary/aromatic N) is 16. The molecule has 13 heterocycles. The molecule has 7 N–H and O–H groups in total. The fourth-order valence-corrected chi connectivity index (χ4v) is 12.6. The number of pyridine rings is 6. The van der Waals surface area contributed by atoms with Crippen LogP contribution in [0.5, 0.6) is 17.6 Å². The van der Waals surface area contributed by atoms with Crippen LogP contribution < -0.4 is 45.7 Å². The molecule has 9 aromatic heterocycles. The third kappa shape index (κ3) is 13.2. The van der Waals surface area contributed by atoms with Crippen LogP contribution in [0.1, 0.15) is 85.6 Å². The smallest absolute Gasteiger partial charge is 0.237 e. The Morgan fingerprint density at radius 3 is 1.83 bits per heavy atom. The Morgan fingerprint density at radius 1 is 0.598 bits per heavy atom. The molecule has 4 aliphatic heterocycles. The lowest BCUT2D eigenvalue weighted by Crippen LogP contribution is -2.35. The van der Waals surface area contributed by atoms with E-state index in [-0.39, 0.29) is 19.2 Å². The number of fused-ring (bicyclic) bond motifs is 6. The fourth-order valence-electron chi connectivity index (χ4n) is 12.6. The molecule has 1 atom stereocenters. The molecule has 480 valence electrons. The van der Waals surface area contributed by atoms with Gasteiger partial charge in [0.1, 0.15) is 33.6 Å². The maximum absolute atomic E-state index is 10.7. The standard InChI is InChI=1S/C65H79N21O6/c1-64(2,36-87)82-56-54-44(41(27-68-56)32-84-21-15-46-39(30-84)24-48(58(73-46)90-7)75-61-69-26-37-12-17-67-57(52(37)79-61)86-19-10-11-42(86)34-89-6)28-70-62(80-54)76-49-25-40-31-85(22-16-47(40)74-59(49)91-8)33-51-43-13-18-66-55(71-35-65(3,4)88)53(43)81-63(78-51)77-50-23-38-29-83(5)20-14-45(38)72-60(50)92-9/h12-13,17-18,23-28,42,87-88H,10-11,14-16,19-22,29-36H2,1-9H3,(H,66,71)(H,68,82)(H,69,75,79)(H,70,76,80)(H,77,78,81)/t42-/m0/s1. The Kier molecular flexibility index (Phi) is 17.4. The number of methoxy groups -OCH3 is 4. The van der Waals surface area contributed by atoms with Crippen molar-refractivity contribution in [3.05, 3.63) is 106 Å². The van der Waals surface area contributed by atoms with Gasteiger partial charge in [-0.1, -0.05) is 0 Å². The lowest BCUT2D eigenvalue weighted by atomic mass is 10.0. The summed E-state index contributed by atoms with van der Waals surface area (Å²) in [6, 6.07) is 10.3. The summed E-state index contributed by atoms with van der Waals surface area (Å²) in [6.45, 7) is 14.2. The average Bonchev–Trinajstić information content (AvgIpc) is 1.11. The van der Waals surface area contributed by atoms with Crippen molar-refractivity contribution in [2.75, 3.05) is 113 Å². The Hall–Kier alpha value is -9.12. The van der Waals surface area contributed by atoms with Crippen LogP contribution in [0.4, 0.5) is 52.4 Å². The number of aliphatic hydroxyl groups is 2. The van der Waals surface area contributed by atoms with Crippen LogP contribution in [0.2, 0.25) is 0 Å². The van der Waals surface area contributed by atoms with E-state index in [4.69, 9.17) is 73.8 Å². The minimum atomic E-state index is -1.01. The topological polar surface area (TPSA) is 305 Å². The van der Waals surface area contributed by atoms with Crippen LogP contribution in [0.3, 0.4) is 0 Å².